The molecule has 0 spiro atoms. The van der Waals surface area contributed by atoms with E-state index in [1.807, 2.05) is 24.3 Å². The van der Waals surface area contributed by atoms with Crippen LogP contribution in [0.2, 0.25) is 0 Å². The Balaban J connectivity index is 2.41. The van der Waals surface area contributed by atoms with E-state index in [2.05, 4.69) is 19.2 Å². The molecule has 0 heterocycles. The van der Waals surface area contributed by atoms with E-state index in [9.17, 15) is 4.79 Å². The van der Waals surface area contributed by atoms with Crippen LogP contribution in [0.15, 0.2) is 24.3 Å². The molecule has 1 atom stereocenters. The highest BCUT2D eigenvalue weighted by Gasteiger charge is 2.51. The van der Waals surface area contributed by atoms with Crippen molar-refractivity contribution in [1.29, 1.82) is 0 Å². The summed E-state index contributed by atoms with van der Waals surface area (Å²) in [6, 6.07) is 7.64. The van der Waals surface area contributed by atoms with E-state index in [4.69, 9.17) is 10.5 Å². The monoisotopic (exact) mass is 276 g/mol. The summed E-state index contributed by atoms with van der Waals surface area (Å²) in [5, 5.41) is 3.40. The summed E-state index contributed by atoms with van der Waals surface area (Å²) in [6.45, 7) is 4.22. The maximum Gasteiger partial charge on any atom is 0.243 e. The number of carbonyl (C=O) groups is 1. The predicted molar refractivity (Wildman–Crippen MR) is 80.8 cm³/mol. The van der Waals surface area contributed by atoms with Crippen LogP contribution in [0.4, 0.5) is 5.69 Å². The number of rotatable bonds is 4. The Morgan fingerprint density at radius 2 is 1.90 bits per heavy atom. The predicted octanol–water partition coefficient (Wildman–Crippen LogP) is 2.93. The second kappa shape index (κ2) is 5.35. The van der Waals surface area contributed by atoms with Gasteiger partial charge in [0.05, 0.1) is 12.8 Å². The van der Waals surface area contributed by atoms with E-state index in [-0.39, 0.29) is 11.3 Å². The number of hydrogen-bond acceptors (Lipinski definition) is 3. The second-order valence-corrected chi connectivity index (χ2v) is 6.19. The van der Waals surface area contributed by atoms with Crippen molar-refractivity contribution in [1.82, 2.24) is 0 Å². The molecule has 0 aliphatic heterocycles. The van der Waals surface area contributed by atoms with Gasteiger partial charge in [0.2, 0.25) is 5.91 Å². The molecule has 1 amide bonds. The van der Waals surface area contributed by atoms with Crippen LogP contribution in [0.1, 0.15) is 39.5 Å². The lowest BCUT2D eigenvalue weighted by Gasteiger charge is -2.49. The minimum Gasteiger partial charge on any atom is -0.495 e. The van der Waals surface area contributed by atoms with Crippen molar-refractivity contribution in [3.8, 4) is 5.75 Å². The highest BCUT2D eigenvalue weighted by Crippen LogP contribution is 2.46. The molecular formula is C16H24N2O2. The maximum absolute atomic E-state index is 12.2. The fraction of sp³-hybridized carbons (Fsp3) is 0.562. The van der Waals surface area contributed by atoms with E-state index < -0.39 is 5.54 Å². The van der Waals surface area contributed by atoms with Gasteiger partial charge in [0, 0.05) is 0 Å². The molecule has 20 heavy (non-hydrogen) atoms. The SMILES string of the molecule is COc1ccccc1NC1(C(N)=O)CCCCC1(C)C. The molecule has 1 unspecified atom stereocenters. The molecule has 4 nitrogen and oxygen atoms in total. The third-order valence-electron chi connectivity index (χ3n) is 4.63. The first-order chi connectivity index (χ1) is 9.43. The number of anilines is 1. The van der Waals surface area contributed by atoms with E-state index in [0.29, 0.717) is 0 Å². The lowest BCUT2D eigenvalue weighted by Crippen LogP contribution is -2.61. The third kappa shape index (κ3) is 2.35. The van der Waals surface area contributed by atoms with Crippen molar-refractivity contribution < 1.29 is 9.53 Å². The Labute approximate surface area is 120 Å². The Kier molecular flexibility index (Phi) is 3.93. The lowest BCUT2D eigenvalue weighted by molar-refractivity contribution is -0.127. The first-order valence-electron chi connectivity index (χ1n) is 7.14. The number of nitrogens with one attached hydrogen (secondary N) is 1. The van der Waals surface area contributed by atoms with Gasteiger partial charge in [-0.05, 0) is 30.4 Å². The molecule has 0 aromatic heterocycles. The van der Waals surface area contributed by atoms with Gasteiger partial charge in [-0.25, -0.2) is 0 Å². The molecule has 4 heteroatoms. The Morgan fingerprint density at radius 1 is 1.25 bits per heavy atom. The van der Waals surface area contributed by atoms with Gasteiger partial charge < -0.3 is 15.8 Å². The van der Waals surface area contributed by atoms with E-state index in [1.165, 1.54) is 0 Å². The number of primary amides is 1. The van der Waals surface area contributed by atoms with Crippen LogP contribution >= 0.6 is 0 Å². The summed E-state index contributed by atoms with van der Waals surface area (Å²) in [7, 11) is 1.63. The first-order valence-corrected chi connectivity index (χ1v) is 7.14. The summed E-state index contributed by atoms with van der Waals surface area (Å²) >= 11 is 0. The first kappa shape index (κ1) is 14.7. The van der Waals surface area contributed by atoms with Gasteiger partial charge in [-0.1, -0.05) is 38.8 Å². The lowest BCUT2D eigenvalue weighted by atomic mass is 9.62. The van der Waals surface area contributed by atoms with Crippen LogP contribution in [0.25, 0.3) is 0 Å². The van der Waals surface area contributed by atoms with E-state index >= 15 is 0 Å². The van der Waals surface area contributed by atoms with Gasteiger partial charge in [0.25, 0.3) is 0 Å². The van der Waals surface area contributed by atoms with Gasteiger partial charge >= 0.3 is 0 Å². The highest BCUT2D eigenvalue weighted by molar-refractivity contribution is 5.89. The molecule has 1 fully saturated rings. The fourth-order valence-electron chi connectivity index (χ4n) is 3.24. The molecular weight excluding hydrogens is 252 g/mol. The molecule has 0 bridgehead atoms. The Bertz CT molecular complexity index is 499. The minimum absolute atomic E-state index is 0.183. The fourth-order valence-corrected chi connectivity index (χ4v) is 3.24. The Morgan fingerprint density at radius 3 is 2.50 bits per heavy atom. The van der Waals surface area contributed by atoms with Crippen LogP contribution in [0, 0.1) is 5.41 Å². The zero-order valence-corrected chi connectivity index (χ0v) is 12.5. The number of benzene rings is 1. The molecule has 1 aromatic carbocycles. The zero-order chi connectivity index (χ0) is 14.8. The second-order valence-electron chi connectivity index (χ2n) is 6.19. The van der Waals surface area contributed by atoms with E-state index in [1.54, 1.807) is 7.11 Å². The molecule has 2 rings (SSSR count). The smallest absolute Gasteiger partial charge is 0.243 e. The number of hydrogen-bond donors (Lipinski definition) is 2. The minimum atomic E-state index is -0.722. The number of carbonyl (C=O) groups excluding carboxylic acids is 1. The largest absolute Gasteiger partial charge is 0.495 e. The van der Waals surface area contributed by atoms with Gasteiger partial charge in [0.15, 0.2) is 0 Å². The zero-order valence-electron chi connectivity index (χ0n) is 12.5. The number of amides is 1. The van der Waals surface area contributed by atoms with Crippen LogP contribution in [-0.4, -0.2) is 18.6 Å². The summed E-state index contributed by atoms with van der Waals surface area (Å²) in [6.07, 6.45) is 3.88. The van der Waals surface area contributed by atoms with Crippen LogP contribution in [0.3, 0.4) is 0 Å². The number of nitrogens with two attached hydrogens (primary N) is 1. The number of ether oxygens (including phenoxy) is 1. The molecule has 1 aliphatic carbocycles. The number of methoxy groups -OCH3 is 1. The van der Waals surface area contributed by atoms with Crippen LogP contribution in [-0.2, 0) is 4.79 Å². The molecule has 1 saturated carbocycles. The Hall–Kier alpha value is -1.71. The van der Waals surface area contributed by atoms with Crippen molar-refractivity contribution >= 4 is 11.6 Å². The van der Waals surface area contributed by atoms with Crippen LogP contribution < -0.4 is 15.8 Å². The molecule has 0 saturated heterocycles. The average Bonchev–Trinajstić information content (AvgIpc) is 2.41. The number of para-hydroxylation sites is 2. The van der Waals surface area contributed by atoms with Crippen molar-refractivity contribution in [2.24, 2.45) is 11.1 Å². The quantitative estimate of drug-likeness (QED) is 0.888. The van der Waals surface area contributed by atoms with Crippen LogP contribution in [0.5, 0.6) is 5.75 Å². The summed E-state index contributed by atoms with van der Waals surface area (Å²) < 4.78 is 5.37. The average molecular weight is 276 g/mol. The van der Waals surface area contributed by atoms with Gasteiger partial charge in [-0.2, -0.15) is 0 Å². The highest BCUT2D eigenvalue weighted by atomic mass is 16.5. The van der Waals surface area contributed by atoms with Crippen molar-refractivity contribution in [2.45, 2.75) is 45.1 Å². The molecule has 110 valence electrons. The van der Waals surface area contributed by atoms with Gasteiger partial charge in [-0.3, -0.25) is 4.79 Å². The molecule has 0 radical (unpaired) electrons. The molecule has 3 N–H and O–H groups in total. The molecule has 1 aliphatic rings. The topological polar surface area (TPSA) is 64.3 Å². The van der Waals surface area contributed by atoms with Crippen molar-refractivity contribution in [2.75, 3.05) is 12.4 Å². The normalized spacial score (nSPS) is 24.9. The third-order valence-corrected chi connectivity index (χ3v) is 4.63. The van der Waals surface area contributed by atoms with E-state index in [0.717, 1.165) is 37.1 Å². The van der Waals surface area contributed by atoms with Gasteiger partial charge in [0.1, 0.15) is 11.3 Å². The van der Waals surface area contributed by atoms with Crippen molar-refractivity contribution in [3.63, 3.8) is 0 Å². The van der Waals surface area contributed by atoms with Crippen molar-refractivity contribution in [3.05, 3.63) is 24.3 Å². The summed E-state index contributed by atoms with van der Waals surface area (Å²) in [5.74, 6) is 0.447. The summed E-state index contributed by atoms with van der Waals surface area (Å²) in [4.78, 5) is 12.2. The molecule has 1 aromatic rings. The summed E-state index contributed by atoms with van der Waals surface area (Å²) in [5.41, 5.74) is 5.69. The standard InChI is InChI=1S/C16H24N2O2/c1-15(2)10-6-7-11-16(15,14(17)19)18-12-8-4-5-9-13(12)20-3/h4-5,8-9,18H,6-7,10-11H2,1-3H3,(H2,17,19). The van der Waals surface area contributed by atoms with Gasteiger partial charge in [-0.15, -0.1) is 0 Å². The maximum atomic E-state index is 12.2.